The first-order valence-electron chi connectivity index (χ1n) is 9.77. The molecule has 3 N–H and O–H groups in total. The molecule has 0 bridgehead atoms. The fraction of sp³-hybridized carbons (Fsp3) is 1.00. The van der Waals surface area contributed by atoms with E-state index in [4.69, 9.17) is 5.84 Å². The first kappa shape index (κ1) is 19.0. The predicted molar refractivity (Wildman–Crippen MR) is 94.1 cm³/mol. The van der Waals surface area contributed by atoms with Gasteiger partial charge < -0.3 is 0 Å². The molecule has 1 aliphatic rings. The van der Waals surface area contributed by atoms with Crippen LogP contribution in [0.2, 0.25) is 0 Å². The van der Waals surface area contributed by atoms with Crippen LogP contribution in [0.5, 0.6) is 0 Å². The molecule has 0 aromatic heterocycles. The SMILES string of the molecule is CCCCCCCCCC(NN)C1CCC(CCC)CC1. The van der Waals surface area contributed by atoms with Crippen LogP contribution in [0.1, 0.15) is 104 Å². The van der Waals surface area contributed by atoms with Crippen molar-refractivity contribution < 1.29 is 0 Å². The van der Waals surface area contributed by atoms with E-state index < -0.39 is 0 Å². The Morgan fingerprint density at radius 1 is 0.857 bits per heavy atom. The van der Waals surface area contributed by atoms with Crippen LogP contribution in [0.4, 0.5) is 0 Å². The van der Waals surface area contributed by atoms with E-state index >= 15 is 0 Å². The minimum absolute atomic E-state index is 0.572. The lowest BCUT2D eigenvalue weighted by Gasteiger charge is -2.33. The third kappa shape index (κ3) is 8.21. The second-order valence-corrected chi connectivity index (χ2v) is 7.25. The van der Waals surface area contributed by atoms with Gasteiger partial charge in [-0.25, -0.2) is 0 Å². The molecular formula is C19H40N2. The fourth-order valence-electron chi connectivity index (χ4n) is 4.06. The Labute approximate surface area is 133 Å². The number of unbranched alkanes of at least 4 members (excludes halogenated alkanes) is 6. The second-order valence-electron chi connectivity index (χ2n) is 7.25. The van der Waals surface area contributed by atoms with Crippen molar-refractivity contribution in [2.24, 2.45) is 17.7 Å². The van der Waals surface area contributed by atoms with Gasteiger partial charge in [-0.3, -0.25) is 11.3 Å². The molecule has 2 heteroatoms. The first-order valence-corrected chi connectivity index (χ1v) is 9.77. The van der Waals surface area contributed by atoms with Crippen LogP contribution >= 0.6 is 0 Å². The van der Waals surface area contributed by atoms with Crippen LogP contribution < -0.4 is 11.3 Å². The van der Waals surface area contributed by atoms with E-state index in [2.05, 4.69) is 19.3 Å². The summed E-state index contributed by atoms with van der Waals surface area (Å²) in [6.07, 6.45) is 19.5. The van der Waals surface area contributed by atoms with Crippen molar-refractivity contribution in [1.82, 2.24) is 5.43 Å². The smallest absolute Gasteiger partial charge is 0.0238 e. The molecule has 0 heterocycles. The minimum atomic E-state index is 0.572. The molecule has 1 atom stereocenters. The van der Waals surface area contributed by atoms with Crippen molar-refractivity contribution in [3.8, 4) is 0 Å². The quantitative estimate of drug-likeness (QED) is 0.281. The average molecular weight is 297 g/mol. The van der Waals surface area contributed by atoms with Crippen molar-refractivity contribution in [2.45, 2.75) is 110 Å². The van der Waals surface area contributed by atoms with Crippen LogP contribution in [0.15, 0.2) is 0 Å². The molecule has 126 valence electrons. The van der Waals surface area contributed by atoms with Gasteiger partial charge in [-0.1, -0.05) is 84.5 Å². The summed E-state index contributed by atoms with van der Waals surface area (Å²) in [6.45, 7) is 4.60. The Hall–Kier alpha value is -0.0800. The third-order valence-electron chi connectivity index (χ3n) is 5.49. The van der Waals surface area contributed by atoms with Gasteiger partial charge in [-0.05, 0) is 31.1 Å². The molecule has 21 heavy (non-hydrogen) atoms. The molecule has 0 aliphatic heterocycles. The van der Waals surface area contributed by atoms with Gasteiger partial charge in [0.2, 0.25) is 0 Å². The summed E-state index contributed by atoms with van der Waals surface area (Å²) in [4.78, 5) is 0. The maximum atomic E-state index is 5.83. The van der Waals surface area contributed by atoms with Crippen molar-refractivity contribution in [3.05, 3.63) is 0 Å². The zero-order valence-electron chi connectivity index (χ0n) is 14.7. The lowest BCUT2D eigenvalue weighted by Crippen LogP contribution is -2.42. The van der Waals surface area contributed by atoms with Gasteiger partial charge in [0.1, 0.15) is 0 Å². The fourth-order valence-corrected chi connectivity index (χ4v) is 4.06. The van der Waals surface area contributed by atoms with Gasteiger partial charge in [0.25, 0.3) is 0 Å². The minimum Gasteiger partial charge on any atom is -0.271 e. The molecule has 1 fully saturated rings. The molecular weight excluding hydrogens is 256 g/mol. The predicted octanol–water partition coefficient (Wildman–Crippen LogP) is 5.57. The summed E-state index contributed by atoms with van der Waals surface area (Å²) in [5, 5.41) is 0. The van der Waals surface area contributed by atoms with E-state index in [0.29, 0.717) is 6.04 Å². The molecule has 0 radical (unpaired) electrons. The molecule has 1 saturated carbocycles. The third-order valence-corrected chi connectivity index (χ3v) is 5.49. The summed E-state index contributed by atoms with van der Waals surface area (Å²) in [5.74, 6) is 7.67. The van der Waals surface area contributed by atoms with Crippen molar-refractivity contribution >= 4 is 0 Å². The molecule has 0 aromatic carbocycles. The number of nitrogens with two attached hydrogens (primary N) is 1. The van der Waals surface area contributed by atoms with E-state index in [-0.39, 0.29) is 0 Å². The van der Waals surface area contributed by atoms with Gasteiger partial charge in [-0.2, -0.15) is 0 Å². The van der Waals surface area contributed by atoms with Gasteiger partial charge in [-0.15, -0.1) is 0 Å². The number of hydrogen-bond acceptors (Lipinski definition) is 2. The molecule has 0 aromatic rings. The van der Waals surface area contributed by atoms with E-state index in [1.54, 1.807) is 0 Å². The summed E-state index contributed by atoms with van der Waals surface area (Å²) in [7, 11) is 0. The van der Waals surface area contributed by atoms with Gasteiger partial charge >= 0.3 is 0 Å². The Morgan fingerprint density at radius 3 is 2.05 bits per heavy atom. The van der Waals surface area contributed by atoms with Crippen molar-refractivity contribution in [1.29, 1.82) is 0 Å². The zero-order valence-corrected chi connectivity index (χ0v) is 14.7. The molecule has 2 nitrogen and oxygen atoms in total. The number of nitrogens with one attached hydrogen (secondary N) is 1. The van der Waals surface area contributed by atoms with Gasteiger partial charge in [0.05, 0.1) is 0 Å². The largest absolute Gasteiger partial charge is 0.271 e. The van der Waals surface area contributed by atoms with Crippen LogP contribution in [-0.2, 0) is 0 Å². The molecule has 1 rings (SSSR count). The number of rotatable bonds is 12. The topological polar surface area (TPSA) is 38.0 Å². The lowest BCUT2D eigenvalue weighted by molar-refractivity contribution is 0.205. The highest BCUT2D eigenvalue weighted by Crippen LogP contribution is 2.34. The highest BCUT2D eigenvalue weighted by atomic mass is 15.2. The molecule has 1 unspecified atom stereocenters. The Bertz CT molecular complexity index is 222. The molecule has 1 aliphatic carbocycles. The Balaban J connectivity index is 2.09. The molecule has 0 saturated heterocycles. The first-order chi connectivity index (χ1) is 10.3. The molecule has 0 spiro atoms. The number of hydrazine groups is 1. The van der Waals surface area contributed by atoms with E-state index in [1.807, 2.05) is 0 Å². The van der Waals surface area contributed by atoms with Crippen LogP contribution in [-0.4, -0.2) is 6.04 Å². The monoisotopic (exact) mass is 296 g/mol. The highest BCUT2D eigenvalue weighted by molar-refractivity contribution is 4.80. The summed E-state index contributed by atoms with van der Waals surface area (Å²) >= 11 is 0. The van der Waals surface area contributed by atoms with Crippen molar-refractivity contribution in [3.63, 3.8) is 0 Å². The maximum absolute atomic E-state index is 5.83. The average Bonchev–Trinajstić information content (AvgIpc) is 2.52. The zero-order chi connectivity index (χ0) is 15.3. The lowest BCUT2D eigenvalue weighted by atomic mass is 9.76. The van der Waals surface area contributed by atoms with Gasteiger partial charge in [0.15, 0.2) is 0 Å². The maximum Gasteiger partial charge on any atom is 0.0238 e. The van der Waals surface area contributed by atoms with Crippen molar-refractivity contribution in [2.75, 3.05) is 0 Å². The summed E-state index contributed by atoms with van der Waals surface area (Å²) in [5.41, 5.74) is 3.13. The Morgan fingerprint density at radius 2 is 1.48 bits per heavy atom. The van der Waals surface area contributed by atoms with E-state index in [0.717, 1.165) is 11.8 Å². The normalized spacial score (nSPS) is 24.1. The van der Waals surface area contributed by atoms with Crippen LogP contribution in [0.3, 0.4) is 0 Å². The number of hydrogen-bond donors (Lipinski definition) is 2. The standard InChI is InChI=1S/C19H40N2/c1-3-5-6-7-8-9-10-12-19(21-20)18-15-13-17(11-4-2)14-16-18/h17-19,21H,3-16,20H2,1-2H3. The van der Waals surface area contributed by atoms with Crippen LogP contribution in [0, 0.1) is 11.8 Å². The Kier molecular flexibility index (Phi) is 11.3. The second kappa shape index (κ2) is 12.5. The van der Waals surface area contributed by atoms with Crippen LogP contribution in [0.25, 0.3) is 0 Å². The van der Waals surface area contributed by atoms with Gasteiger partial charge in [0, 0.05) is 6.04 Å². The van der Waals surface area contributed by atoms with E-state index in [9.17, 15) is 0 Å². The summed E-state index contributed by atoms with van der Waals surface area (Å²) < 4.78 is 0. The van der Waals surface area contributed by atoms with E-state index in [1.165, 1.54) is 89.9 Å². The highest BCUT2D eigenvalue weighted by Gasteiger charge is 2.26. The molecule has 0 amide bonds. The summed E-state index contributed by atoms with van der Waals surface area (Å²) in [6, 6.07) is 0.572.